The number of aromatic nitrogens is 3. The van der Waals surface area contributed by atoms with Crippen molar-refractivity contribution < 1.29 is 4.79 Å². The van der Waals surface area contributed by atoms with E-state index in [0.29, 0.717) is 18.2 Å². The molecule has 1 fully saturated rings. The number of amides is 1. The molecule has 2 aromatic rings. The monoisotopic (exact) mass is 285 g/mol. The number of nitrogens with zero attached hydrogens (tertiary/aromatic N) is 2. The van der Waals surface area contributed by atoms with Crippen molar-refractivity contribution >= 4 is 11.7 Å². The van der Waals surface area contributed by atoms with Gasteiger partial charge in [0.1, 0.15) is 5.82 Å². The number of nitrogen functional groups attached to an aromatic ring is 1. The summed E-state index contributed by atoms with van der Waals surface area (Å²) in [6.45, 7) is 0. The molecular formula is C15H19N5O. The van der Waals surface area contributed by atoms with Crippen LogP contribution in [-0.4, -0.2) is 27.1 Å². The summed E-state index contributed by atoms with van der Waals surface area (Å²) < 4.78 is 0. The first-order chi connectivity index (χ1) is 10.2. The molecule has 1 aliphatic carbocycles. The molecule has 6 nitrogen and oxygen atoms in total. The molecule has 0 aromatic carbocycles. The largest absolute Gasteiger partial charge is 0.384 e. The van der Waals surface area contributed by atoms with Crippen LogP contribution in [0.5, 0.6) is 0 Å². The van der Waals surface area contributed by atoms with E-state index in [4.69, 9.17) is 5.73 Å². The van der Waals surface area contributed by atoms with E-state index in [-0.39, 0.29) is 11.9 Å². The predicted octanol–water partition coefficient (Wildman–Crippen LogP) is 1.38. The third-order valence-corrected chi connectivity index (χ3v) is 3.90. The van der Waals surface area contributed by atoms with Crippen LogP contribution < -0.4 is 11.1 Å². The van der Waals surface area contributed by atoms with E-state index < -0.39 is 0 Å². The molecule has 0 radical (unpaired) electrons. The summed E-state index contributed by atoms with van der Waals surface area (Å²) in [6, 6.07) is 6.00. The summed E-state index contributed by atoms with van der Waals surface area (Å²) in [7, 11) is 0. The Balaban J connectivity index is 1.39. The second kappa shape index (κ2) is 5.95. The Morgan fingerprint density at radius 2 is 2.33 bits per heavy atom. The number of anilines is 1. The molecular weight excluding hydrogens is 266 g/mol. The lowest BCUT2D eigenvalue weighted by Crippen LogP contribution is -2.43. The number of pyridine rings is 1. The molecule has 6 heteroatoms. The maximum absolute atomic E-state index is 11.9. The van der Waals surface area contributed by atoms with Crippen molar-refractivity contribution in [3.63, 3.8) is 0 Å². The molecule has 1 amide bonds. The van der Waals surface area contributed by atoms with Gasteiger partial charge in [0.2, 0.25) is 5.91 Å². The first kappa shape index (κ1) is 13.6. The van der Waals surface area contributed by atoms with Crippen LogP contribution in [0.1, 0.15) is 36.4 Å². The molecule has 0 spiro atoms. The van der Waals surface area contributed by atoms with Crippen LogP contribution in [0.3, 0.4) is 0 Å². The zero-order valence-corrected chi connectivity index (χ0v) is 11.7. The van der Waals surface area contributed by atoms with Crippen LogP contribution in [-0.2, 0) is 11.2 Å². The van der Waals surface area contributed by atoms with E-state index in [1.54, 1.807) is 12.4 Å². The van der Waals surface area contributed by atoms with E-state index >= 15 is 0 Å². The number of hydrogen-bond acceptors (Lipinski definition) is 4. The summed E-state index contributed by atoms with van der Waals surface area (Å²) in [5.74, 6) is 1.10. The number of carbonyl (C=O) groups excluding carboxylic acids is 1. The molecule has 21 heavy (non-hydrogen) atoms. The van der Waals surface area contributed by atoms with Crippen molar-refractivity contribution in [3.8, 4) is 0 Å². The molecule has 3 rings (SSSR count). The van der Waals surface area contributed by atoms with Crippen molar-refractivity contribution in [1.29, 1.82) is 0 Å². The Hall–Kier alpha value is -2.37. The summed E-state index contributed by atoms with van der Waals surface area (Å²) >= 11 is 0. The van der Waals surface area contributed by atoms with Gasteiger partial charge in [0.05, 0.1) is 5.69 Å². The van der Waals surface area contributed by atoms with Crippen LogP contribution in [0.4, 0.5) is 5.82 Å². The summed E-state index contributed by atoms with van der Waals surface area (Å²) in [5, 5.41) is 9.97. The number of nitrogens with one attached hydrogen (secondary N) is 2. The van der Waals surface area contributed by atoms with Gasteiger partial charge in [0, 0.05) is 36.8 Å². The van der Waals surface area contributed by atoms with Crippen molar-refractivity contribution in [2.75, 3.05) is 5.73 Å². The molecule has 4 N–H and O–H groups in total. The van der Waals surface area contributed by atoms with Gasteiger partial charge < -0.3 is 11.1 Å². The fraction of sp³-hybridized carbons (Fsp3) is 0.400. The normalized spacial score (nSPS) is 20.8. The first-order valence-electron chi connectivity index (χ1n) is 7.20. The number of carbonyl (C=O) groups is 1. The second-order valence-corrected chi connectivity index (χ2v) is 5.54. The lowest BCUT2D eigenvalue weighted by molar-refractivity contribution is -0.122. The average molecular weight is 285 g/mol. The van der Waals surface area contributed by atoms with E-state index in [0.717, 1.165) is 30.5 Å². The van der Waals surface area contributed by atoms with Gasteiger partial charge in [0.15, 0.2) is 0 Å². The number of aryl methyl sites for hydroxylation is 1. The Labute approximate surface area is 123 Å². The van der Waals surface area contributed by atoms with Gasteiger partial charge in [-0.1, -0.05) is 6.07 Å². The summed E-state index contributed by atoms with van der Waals surface area (Å²) in [5.41, 5.74) is 7.70. The molecule has 1 aliphatic rings. The standard InChI is InChI=1S/C15H19N5O/c16-14-8-13(19-20-14)11-6-12(7-11)18-15(21)4-3-10-2-1-5-17-9-10/h1-2,5,8-9,11-12H,3-4,6-7H2,(H,18,21)(H3,16,19,20)/t11-,12+. The highest BCUT2D eigenvalue weighted by molar-refractivity contribution is 5.76. The molecule has 0 aliphatic heterocycles. The Bertz CT molecular complexity index is 604. The van der Waals surface area contributed by atoms with Crippen LogP contribution in [0.25, 0.3) is 0 Å². The van der Waals surface area contributed by atoms with Gasteiger partial charge >= 0.3 is 0 Å². The highest BCUT2D eigenvalue weighted by atomic mass is 16.1. The molecule has 2 aromatic heterocycles. The quantitative estimate of drug-likeness (QED) is 0.773. The van der Waals surface area contributed by atoms with E-state index in [9.17, 15) is 4.79 Å². The lowest BCUT2D eigenvalue weighted by atomic mass is 9.78. The topological polar surface area (TPSA) is 96.7 Å². The predicted molar refractivity (Wildman–Crippen MR) is 79.5 cm³/mol. The third-order valence-electron chi connectivity index (χ3n) is 3.90. The zero-order valence-electron chi connectivity index (χ0n) is 11.7. The van der Waals surface area contributed by atoms with Crippen molar-refractivity contribution in [2.45, 2.75) is 37.6 Å². The summed E-state index contributed by atoms with van der Waals surface area (Å²) in [6.07, 6.45) is 6.63. The Kier molecular flexibility index (Phi) is 3.85. The van der Waals surface area contributed by atoms with E-state index in [1.165, 1.54) is 0 Å². The zero-order chi connectivity index (χ0) is 14.7. The minimum absolute atomic E-state index is 0.101. The maximum Gasteiger partial charge on any atom is 0.220 e. The van der Waals surface area contributed by atoms with Crippen molar-refractivity contribution in [2.24, 2.45) is 0 Å². The fourth-order valence-electron chi connectivity index (χ4n) is 2.64. The number of rotatable bonds is 5. The van der Waals surface area contributed by atoms with Crippen LogP contribution in [0, 0.1) is 0 Å². The summed E-state index contributed by atoms with van der Waals surface area (Å²) in [4.78, 5) is 15.9. The number of nitrogens with two attached hydrogens (primary N) is 1. The van der Waals surface area contributed by atoms with Gasteiger partial charge in [0.25, 0.3) is 0 Å². The fourth-order valence-corrected chi connectivity index (χ4v) is 2.64. The van der Waals surface area contributed by atoms with E-state index in [2.05, 4.69) is 20.5 Å². The SMILES string of the molecule is Nc1cc([C@H]2C[C@@H](NC(=O)CCc3cccnc3)C2)n[nH]1. The van der Waals surface area contributed by atoms with E-state index in [1.807, 2.05) is 18.2 Å². The highest BCUT2D eigenvalue weighted by Crippen LogP contribution is 2.36. The van der Waals surface area contributed by atoms with Gasteiger partial charge in [-0.25, -0.2) is 0 Å². The smallest absolute Gasteiger partial charge is 0.220 e. The average Bonchev–Trinajstić information content (AvgIpc) is 2.87. The highest BCUT2D eigenvalue weighted by Gasteiger charge is 2.32. The Morgan fingerprint density at radius 3 is 3.00 bits per heavy atom. The van der Waals surface area contributed by atoms with Gasteiger partial charge in [-0.05, 0) is 30.9 Å². The maximum atomic E-state index is 11.9. The Morgan fingerprint density at radius 1 is 1.48 bits per heavy atom. The van der Waals surface area contributed by atoms with Gasteiger partial charge in [-0.15, -0.1) is 0 Å². The first-order valence-corrected chi connectivity index (χ1v) is 7.20. The number of aromatic amines is 1. The minimum Gasteiger partial charge on any atom is -0.384 e. The number of H-pyrrole nitrogens is 1. The van der Waals surface area contributed by atoms with Crippen LogP contribution >= 0.6 is 0 Å². The molecule has 110 valence electrons. The van der Waals surface area contributed by atoms with Crippen molar-refractivity contribution in [3.05, 3.63) is 41.9 Å². The van der Waals surface area contributed by atoms with Crippen LogP contribution in [0.15, 0.2) is 30.6 Å². The second-order valence-electron chi connectivity index (χ2n) is 5.54. The van der Waals surface area contributed by atoms with Crippen molar-refractivity contribution in [1.82, 2.24) is 20.5 Å². The van der Waals surface area contributed by atoms with Crippen LogP contribution in [0.2, 0.25) is 0 Å². The third kappa shape index (κ3) is 3.39. The molecule has 1 saturated carbocycles. The molecule has 2 heterocycles. The number of hydrogen-bond donors (Lipinski definition) is 3. The van der Waals surface area contributed by atoms with Gasteiger partial charge in [-0.2, -0.15) is 5.10 Å². The molecule has 0 unspecified atom stereocenters. The molecule has 0 atom stereocenters. The minimum atomic E-state index is 0.101. The lowest BCUT2D eigenvalue weighted by Gasteiger charge is -2.34. The molecule has 0 bridgehead atoms. The molecule has 0 saturated heterocycles. The van der Waals surface area contributed by atoms with Gasteiger partial charge in [-0.3, -0.25) is 14.9 Å².